The number of urea groups is 1. The summed E-state index contributed by atoms with van der Waals surface area (Å²) in [6, 6.07) is 0.225. The molecule has 17 nitrogen and oxygen atoms in total. The average molecular weight is 734 g/mol. The Hall–Kier alpha value is -3.73. The second kappa shape index (κ2) is 22.3. The standard InChI is InChI=1S/C33H51N9O8S/c1-2-23(50-31-29-30(37-22-36-29)40-32(35)41-31)20-49-19-18-48-17-16-47-15-14-46-13-12-42(26(43)9-4-3-7-11-34)27(44)10-6-5-8-25-28-24(21-51-25)38-33(45)39-28/h1,22-25,28H,3-21,34H2,(H2,38,39,45)(H3,35,36,37,40,41)/t23?,24-,25-,28-/m0/s1. The number of hydrogen-bond donors (Lipinski definition) is 5. The van der Waals surface area contributed by atoms with Crippen molar-refractivity contribution in [1.29, 1.82) is 0 Å². The van der Waals surface area contributed by atoms with Gasteiger partial charge < -0.3 is 50.8 Å². The third-order valence-corrected chi connectivity index (χ3v) is 9.83. The number of terminal acetylenes is 1. The monoisotopic (exact) mass is 733 g/mol. The van der Waals surface area contributed by atoms with Crippen LogP contribution in [-0.4, -0.2) is 138 Å². The van der Waals surface area contributed by atoms with Crippen molar-refractivity contribution < 1.29 is 38.1 Å². The Labute approximate surface area is 302 Å². The Morgan fingerprint density at radius 1 is 0.961 bits per heavy atom. The summed E-state index contributed by atoms with van der Waals surface area (Å²) in [6.45, 7) is 3.16. The van der Waals surface area contributed by atoms with E-state index in [1.54, 1.807) is 0 Å². The van der Waals surface area contributed by atoms with Crippen molar-refractivity contribution in [3.8, 4) is 18.2 Å². The van der Waals surface area contributed by atoms with Gasteiger partial charge in [-0.25, -0.2) is 9.78 Å². The first-order valence-electron chi connectivity index (χ1n) is 17.5. The number of amides is 4. The maximum absolute atomic E-state index is 13.1. The number of carbonyl (C=O) groups excluding carboxylic acids is 3. The molecule has 0 radical (unpaired) electrons. The number of aromatic nitrogens is 4. The van der Waals surface area contributed by atoms with Crippen molar-refractivity contribution in [3.63, 3.8) is 0 Å². The van der Waals surface area contributed by atoms with Gasteiger partial charge in [0.2, 0.25) is 23.6 Å². The van der Waals surface area contributed by atoms with Crippen molar-refractivity contribution in [2.75, 3.05) is 77.4 Å². The number of nitrogens with one attached hydrogen (secondary N) is 3. The van der Waals surface area contributed by atoms with Crippen molar-refractivity contribution in [1.82, 2.24) is 35.5 Å². The summed E-state index contributed by atoms with van der Waals surface area (Å²) in [5.41, 5.74) is 12.1. The van der Waals surface area contributed by atoms with Crippen LogP contribution in [0.2, 0.25) is 0 Å². The van der Waals surface area contributed by atoms with E-state index in [2.05, 4.69) is 36.5 Å². The number of hydrogen-bond acceptors (Lipinski definition) is 14. The van der Waals surface area contributed by atoms with Crippen LogP contribution in [0.4, 0.5) is 10.7 Å². The fourth-order valence-electron chi connectivity index (χ4n) is 5.69. The predicted molar refractivity (Wildman–Crippen MR) is 191 cm³/mol. The van der Waals surface area contributed by atoms with E-state index in [0.717, 1.165) is 31.4 Å². The quantitative estimate of drug-likeness (QED) is 0.0516. The molecule has 0 aromatic carbocycles. The molecule has 0 bridgehead atoms. The minimum absolute atomic E-state index is 0.0227. The summed E-state index contributed by atoms with van der Waals surface area (Å²) in [5, 5.41) is 6.29. The Bertz CT molecular complexity index is 1430. The molecule has 4 rings (SSSR count). The molecule has 18 heteroatoms. The molecule has 4 atom stereocenters. The highest BCUT2D eigenvalue weighted by Crippen LogP contribution is 2.33. The van der Waals surface area contributed by atoms with Crippen molar-refractivity contribution >= 4 is 46.7 Å². The van der Waals surface area contributed by atoms with Gasteiger partial charge in [-0.15, -0.1) is 6.42 Å². The van der Waals surface area contributed by atoms with Gasteiger partial charge in [0.1, 0.15) is 5.52 Å². The van der Waals surface area contributed by atoms with E-state index >= 15 is 0 Å². The lowest BCUT2D eigenvalue weighted by molar-refractivity contribution is -0.146. The van der Waals surface area contributed by atoms with Gasteiger partial charge in [0.25, 0.3) is 0 Å². The number of rotatable bonds is 26. The molecule has 7 N–H and O–H groups in total. The van der Waals surface area contributed by atoms with Gasteiger partial charge in [-0.2, -0.15) is 21.7 Å². The second-order valence-electron chi connectivity index (χ2n) is 12.1. The van der Waals surface area contributed by atoms with Crippen LogP contribution >= 0.6 is 11.8 Å². The second-order valence-corrected chi connectivity index (χ2v) is 13.4. The van der Waals surface area contributed by atoms with Crippen LogP contribution in [0.15, 0.2) is 6.33 Å². The third kappa shape index (κ3) is 13.4. The molecule has 0 aliphatic carbocycles. The van der Waals surface area contributed by atoms with Crippen LogP contribution in [0.25, 0.3) is 11.2 Å². The number of nitrogen functional groups attached to an aromatic ring is 1. The summed E-state index contributed by atoms with van der Waals surface area (Å²) >= 11 is 1.86. The van der Waals surface area contributed by atoms with Crippen molar-refractivity contribution in [2.45, 2.75) is 74.8 Å². The van der Waals surface area contributed by atoms with Crippen LogP contribution in [0, 0.1) is 12.3 Å². The molecule has 51 heavy (non-hydrogen) atoms. The number of imidazole rings is 1. The summed E-state index contributed by atoms with van der Waals surface area (Å²) < 4.78 is 28.1. The molecule has 2 aromatic heterocycles. The summed E-state index contributed by atoms with van der Waals surface area (Å²) in [6.07, 6.45) is 11.8. The van der Waals surface area contributed by atoms with Gasteiger partial charge >= 0.3 is 6.03 Å². The van der Waals surface area contributed by atoms with E-state index in [0.29, 0.717) is 88.3 Å². The number of thioether (sulfide) groups is 1. The molecule has 2 aromatic rings. The van der Waals surface area contributed by atoms with Gasteiger partial charge in [-0.3, -0.25) is 14.5 Å². The first-order valence-corrected chi connectivity index (χ1v) is 18.6. The Kier molecular flexibility index (Phi) is 17.5. The third-order valence-electron chi connectivity index (χ3n) is 8.32. The van der Waals surface area contributed by atoms with Gasteiger partial charge in [-0.1, -0.05) is 18.8 Å². The zero-order valence-corrected chi connectivity index (χ0v) is 29.8. The van der Waals surface area contributed by atoms with E-state index in [1.807, 2.05) is 11.8 Å². The molecule has 2 aliphatic rings. The number of unbranched alkanes of at least 4 members (excludes halogenated alkanes) is 3. The number of ether oxygens (including phenoxy) is 5. The van der Waals surface area contributed by atoms with Gasteiger partial charge in [0.05, 0.1) is 77.8 Å². The molecule has 2 fully saturated rings. The summed E-state index contributed by atoms with van der Waals surface area (Å²) in [7, 11) is 0. The van der Waals surface area contributed by atoms with Crippen LogP contribution < -0.4 is 26.8 Å². The number of nitrogens with two attached hydrogens (primary N) is 2. The fraction of sp³-hybridized carbons (Fsp3) is 0.697. The normalized spacial score (nSPS) is 18.6. The van der Waals surface area contributed by atoms with Crippen LogP contribution in [0.5, 0.6) is 5.88 Å². The maximum Gasteiger partial charge on any atom is 0.315 e. The molecule has 0 saturated carbocycles. The number of carbonyl (C=O) groups is 3. The Balaban J connectivity index is 1.02. The highest BCUT2D eigenvalue weighted by Gasteiger charge is 2.42. The molecular formula is C33H51N9O8S. The van der Waals surface area contributed by atoms with Gasteiger partial charge in [0, 0.05) is 23.8 Å². The summed E-state index contributed by atoms with van der Waals surface area (Å²) in [5.74, 6) is 3.28. The number of H-pyrrole nitrogens is 1. The lowest BCUT2D eigenvalue weighted by atomic mass is 10.0. The molecule has 4 heterocycles. The first kappa shape index (κ1) is 40.0. The number of fused-ring (bicyclic) bond motifs is 2. The molecule has 2 saturated heterocycles. The van der Waals surface area contributed by atoms with Gasteiger partial charge in [0.15, 0.2) is 11.8 Å². The molecule has 2 aliphatic heterocycles. The number of nitrogens with zero attached hydrogens (tertiary/aromatic N) is 4. The minimum Gasteiger partial charge on any atom is -0.457 e. The van der Waals surface area contributed by atoms with E-state index in [1.165, 1.54) is 11.2 Å². The average Bonchev–Trinajstić information content (AvgIpc) is 3.84. The minimum atomic E-state index is -0.699. The van der Waals surface area contributed by atoms with E-state index in [9.17, 15) is 14.4 Å². The zero-order chi connectivity index (χ0) is 36.3. The van der Waals surface area contributed by atoms with Crippen molar-refractivity contribution in [2.24, 2.45) is 5.73 Å². The lowest BCUT2D eigenvalue weighted by Gasteiger charge is -2.21. The highest BCUT2D eigenvalue weighted by atomic mass is 32.2. The lowest BCUT2D eigenvalue weighted by Crippen LogP contribution is -2.39. The maximum atomic E-state index is 13.1. The molecule has 282 valence electrons. The summed E-state index contributed by atoms with van der Waals surface area (Å²) in [4.78, 5) is 54.0. The number of aromatic amines is 1. The highest BCUT2D eigenvalue weighted by molar-refractivity contribution is 8.00. The van der Waals surface area contributed by atoms with Crippen LogP contribution in [-0.2, 0) is 28.5 Å². The molecule has 0 spiro atoms. The Morgan fingerprint density at radius 3 is 2.35 bits per heavy atom. The van der Waals surface area contributed by atoms with E-state index in [-0.39, 0.29) is 61.5 Å². The van der Waals surface area contributed by atoms with Crippen LogP contribution in [0.3, 0.4) is 0 Å². The number of anilines is 1. The largest absolute Gasteiger partial charge is 0.457 e. The molecule has 1 unspecified atom stereocenters. The van der Waals surface area contributed by atoms with E-state index < -0.39 is 6.10 Å². The van der Waals surface area contributed by atoms with Crippen molar-refractivity contribution in [3.05, 3.63) is 6.33 Å². The van der Waals surface area contributed by atoms with Crippen LogP contribution in [0.1, 0.15) is 51.4 Å². The predicted octanol–water partition coefficient (Wildman–Crippen LogP) is 0.982. The zero-order valence-electron chi connectivity index (χ0n) is 29.0. The number of imide groups is 1. The molecule has 4 amide bonds. The Morgan fingerprint density at radius 2 is 1.65 bits per heavy atom. The SMILES string of the molecule is C#CC(COCCOCCOCCOCCN(C(=O)CCCCCN)C(=O)CCCC[C@@H]1SC[C@@H]2NC(=O)N[C@@H]21)Oc1nc(N)nc2nc[nH]c12. The fourth-order valence-corrected chi connectivity index (χ4v) is 7.23. The van der Waals surface area contributed by atoms with Gasteiger partial charge in [-0.05, 0) is 32.2 Å². The topological polar surface area (TPSA) is 231 Å². The molecular weight excluding hydrogens is 682 g/mol. The van der Waals surface area contributed by atoms with E-state index in [4.69, 9.17) is 41.6 Å². The first-order chi connectivity index (χ1) is 24.9. The smallest absolute Gasteiger partial charge is 0.315 e.